The van der Waals surface area contributed by atoms with Gasteiger partial charge in [0.15, 0.2) is 16.3 Å². The molecule has 1 fully saturated rings. The van der Waals surface area contributed by atoms with E-state index in [1.807, 2.05) is 0 Å². The Morgan fingerprint density at radius 2 is 1.90 bits per heavy atom. The molecule has 2 aliphatic rings. The van der Waals surface area contributed by atoms with Crippen LogP contribution in [0, 0.1) is 10.1 Å². The molecule has 12 nitrogen and oxygen atoms in total. The van der Waals surface area contributed by atoms with Crippen molar-refractivity contribution in [3.63, 3.8) is 0 Å². The van der Waals surface area contributed by atoms with E-state index in [9.17, 15) is 19.7 Å². The smallest absolute Gasteiger partial charge is 0.338 e. The number of carbonyl (C=O) groups excluding carboxylic acids is 1. The first kappa shape index (κ1) is 29.0. The van der Waals surface area contributed by atoms with Crippen molar-refractivity contribution in [2.24, 2.45) is 4.99 Å². The van der Waals surface area contributed by atoms with Crippen LogP contribution in [0.1, 0.15) is 31.0 Å². The number of carbonyl (C=O) groups is 1. The first-order valence-electron chi connectivity index (χ1n) is 13.3. The molecule has 0 radical (unpaired) electrons. The summed E-state index contributed by atoms with van der Waals surface area (Å²) in [5.74, 6) is 0.344. The zero-order valence-electron chi connectivity index (χ0n) is 23.6. The highest BCUT2D eigenvalue weighted by atomic mass is 32.1. The number of anilines is 1. The van der Waals surface area contributed by atoms with Gasteiger partial charge in [0.1, 0.15) is 0 Å². The van der Waals surface area contributed by atoms with Gasteiger partial charge in [0.05, 0.1) is 60.8 Å². The van der Waals surface area contributed by atoms with E-state index in [-0.39, 0.29) is 17.9 Å². The molecule has 1 saturated heterocycles. The van der Waals surface area contributed by atoms with Gasteiger partial charge in [0.2, 0.25) is 0 Å². The molecule has 0 N–H and O–H groups in total. The Hall–Kier alpha value is -4.49. The second-order valence-electron chi connectivity index (χ2n) is 9.52. The molecular formula is C29H30N4O8S. The minimum Gasteiger partial charge on any atom is -0.493 e. The molecule has 0 amide bonds. The van der Waals surface area contributed by atoms with Crippen LogP contribution in [0.2, 0.25) is 0 Å². The second-order valence-corrected chi connectivity index (χ2v) is 10.5. The van der Waals surface area contributed by atoms with E-state index < -0.39 is 22.5 Å². The number of esters is 1. The lowest BCUT2D eigenvalue weighted by molar-refractivity contribution is -0.384. The molecule has 1 atom stereocenters. The lowest BCUT2D eigenvalue weighted by Crippen LogP contribution is -2.40. The number of nitrogens with zero attached hydrogens (tertiary/aromatic N) is 4. The van der Waals surface area contributed by atoms with Crippen molar-refractivity contribution in [1.82, 2.24) is 4.57 Å². The molecule has 220 valence electrons. The SMILES string of the molecule is CCOC(=O)C1=C(C)N=c2s/c(=C\c3cc([N+](=O)[O-])ccc3N3CCOCC3)c(=O)n2[C@H]1c1ccc(OC)c(OC)c1. The number of nitro benzene ring substituents is 1. The molecule has 0 aliphatic carbocycles. The van der Waals surface area contributed by atoms with Crippen LogP contribution < -0.4 is 29.3 Å². The fourth-order valence-electron chi connectivity index (χ4n) is 5.13. The van der Waals surface area contributed by atoms with Crippen molar-refractivity contribution in [2.75, 3.05) is 52.0 Å². The maximum Gasteiger partial charge on any atom is 0.338 e. The number of rotatable bonds is 8. The number of hydrogen-bond donors (Lipinski definition) is 0. The van der Waals surface area contributed by atoms with Crippen molar-refractivity contribution < 1.29 is 28.7 Å². The fourth-order valence-corrected chi connectivity index (χ4v) is 6.17. The standard InChI is InChI=1S/C29H30N4O8S/c1-5-41-28(35)25-17(2)30-29-32(26(25)18-6-9-22(38-3)23(15-18)39-4)27(34)24(42-29)16-19-14-20(33(36)37)7-8-21(19)31-10-12-40-13-11-31/h6-9,14-16,26H,5,10-13H2,1-4H3/b24-16-/t26-/m0/s1. The third-order valence-electron chi connectivity index (χ3n) is 7.10. The van der Waals surface area contributed by atoms with Gasteiger partial charge in [-0.25, -0.2) is 9.79 Å². The molecule has 0 saturated carbocycles. The lowest BCUT2D eigenvalue weighted by atomic mass is 9.95. The summed E-state index contributed by atoms with van der Waals surface area (Å²) < 4.78 is 23.5. The Bertz CT molecular complexity index is 1750. The van der Waals surface area contributed by atoms with Gasteiger partial charge in [-0.2, -0.15) is 0 Å². The third kappa shape index (κ3) is 5.40. The van der Waals surface area contributed by atoms with Crippen molar-refractivity contribution >= 4 is 34.8 Å². The van der Waals surface area contributed by atoms with E-state index in [0.717, 1.165) is 17.0 Å². The van der Waals surface area contributed by atoms with Crippen LogP contribution >= 0.6 is 11.3 Å². The van der Waals surface area contributed by atoms with Crippen LogP contribution in [0.5, 0.6) is 11.5 Å². The number of non-ortho nitro benzene ring substituents is 1. The highest BCUT2D eigenvalue weighted by Crippen LogP contribution is 2.36. The number of thiazole rings is 1. The van der Waals surface area contributed by atoms with Crippen molar-refractivity contribution in [2.45, 2.75) is 19.9 Å². The van der Waals surface area contributed by atoms with E-state index in [1.165, 1.54) is 30.9 Å². The number of ether oxygens (including phenoxy) is 4. The highest BCUT2D eigenvalue weighted by Gasteiger charge is 2.34. The van der Waals surface area contributed by atoms with Gasteiger partial charge in [-0.05, 0) is 43.7 Å². The topological polar surface area (TPSA) is 135 Å². The number of benzene rings is 2. The van der Waals surface area contributed by atoms with Crippen molar-refractivity contribution in [3.8, 4) is 11.5 Å². The van der Waals surface area contributed by atoms with E-state index in [4.69, 9.17) is 18.9 Å². The number of morpholine rings is 1. The number of fused-ring (bicyclic) bond motifs is 1. The Balaban J connectivity index is 1.73. The monoisotopic (exact) mass is 594 g/mol. The Labute approximate surface area is 244 Å². The van der Waals surface area contributed by atoms with Crippen LogP contribution in [0.3, 0.4) is 0 Å². The van der Waals surface area contributed by atoms with Crippen LogP contribution in [0.4, 0.5) is 11.4 Å². The fraction of sp³-hybridized carbons (Fsp3) is 0.345. The Morgan fingerprint density at radius 3 is 2.57 bits per heavy atom. The highest BCUT2D eigenvalue weighted by molar-refractivity contribution is 7.07. The van der Waals surface area contributed by atoms with Crippen LogP contribution in [0.15, 0.2) is 57.5 Å². The zero-order chi connectivity index (χ0) is 30.0. The first-order chi connectivity index (χ1) is 20.3. The van der Waals surface area contributed by atoms with Crippen LogP contribution in [-0.2, 0) is 14.3 Å². The number of hydrogen-bond acceptors (Lipinski definition) is 11. The van der Waals surface area contributed by atoms with E-state index in [0.29, 0.717) is 64.0 Å². The third-order valence-corrected chi connectivity index (χ3v) is 8.08. The van der Waals surface area contributed by atoms with Gasteiger partial charge in [-0.1, -0.05) is 17.4 Å². The number of aromatic nitrogens is 1. The zero-order valence-corrected chi connectivity index (χ0v) is 24.4. The minimum atomic E-state index is -0.855. The summed E-state index contributed by atoms with van der Waals surface area (Å²) in [6, 6.07) is 8.95. The summed E-state index contributed by atoms with van der Waals surface area (Å²) in [5, 5.41) is 11.6. The lowest BCUT2D eigenvalue weighted by Gasteiger charge is -2.30. The molecule has 0 unspecified atom stereocenters. The normalized spacial score (nSPS) is 17.0. The summed E-state index contributed by atoms with van der Waals surface area (Å²) >= 11 is 1.15. The molecule has 3 heterocycles. The van der Waals surface area contributed by atoms with Gasteiger partial charge < -0.3 is 23.8 Å². The predicted octanol–water partition coefficient (Wildman–Crippen LogP) is 2.56. The second kappa shape index (κ2) is 12.2. The average Bonchev–Trinajstić information content (AvgIpc) is 3.30. The average molecular weight is 595 g/mol. The molecule has 42 heavy (non-hydrogen) atoms. The minimum absolute atomic E-state index is 0.0883. The molecular weight excluding hydrogens is 564 g/mol. The number of allylic oxidation sites excluding steroid dienone is 1. The molecule has 2 aliphatic heterocycles. The molecule has 0 spiro atoms. The molecule has 1 aromatic heterocycles. The molecule has 0 bridgehead atoms. The molecule has 13 heteroatoms. The van der Waals surface area contributed by atoms with Gasteiger partial charge >= 0.3 is 5.97 Å². The summed E-state index contributed by atoms with van der Waals surface area (Å²) in [6.45, 7) is 5.84. The summed E-state index contributed by atoms with van der Waals surface area (Å²) in [7, 11) is 3.03. The quantitative estimate of drug-likeness (QED) is 0.219. The maximum atomic E-state index is 14.1. The van der Waals surface area contributed by atoms with Gasteiger partial charge in [-0.3, -0.25) is 19.5 Å². The summed E-state index contributed by atoms with van der Waals surface area (Å²) in [6.07, 6.45) is 1.65. The van der Waals surface area contributed by atoms with Crippen LogP contribution in [0.25, 0.3) is 6.08 Å². The van der Waals surface area contributed by atoms with E-state index >= 15 is 0 Å². The van der Waals surface area contributed by atoms with E-state index in [1.54, 1.807) is 44.2 Å². The first-order valence-corrected chi connectivity index (χ1v) is 14.1. The van der Waals surface area contributed by atoms with Crippen LogP contribution in [-0.4, -0.2) is 62.6 Å². The van der Waals surface area contributed by atoms with E-state index in [2.05, 4.69) is 9.89 Å². The Morgan fingerprint density at radius 1 is 1.17 bits per heavy atom. The molecule has 2 aromatic carbocycles. The summed E-state index contributed by atoms with van der Waals surface area (Å²) in [5.41, 5.74) is 2.05. The van der Waals surface area contributed by atoms with Gasteiger partial charge in [-0.15, -0.1) is 0 Å². The maximum absolute atomic E-state index is 14.1. The predicted molar refractivity (Wildman–Crippen MR) is 156 cm³/mol. The summed E-state index contributed by atoms with van der Waals surface area (Å²) in [4.78, 5) is 45.5. The largest absolute Gasteiger partial charge is 0.493 e. The van der Waals surface area contributed by atoms with Crippen molar-refractivity contribution in [1.29, 1.82) is 0 Å². The molecule has 5 rings (SSSR count). The molecule has 3 aromatic rings. The number of methoxy groups -OCH3 is 2. The van der Waals surface area contributed by atoms with Crippen molar-refractivity contribution in [3.05, 3.63) is 88.6 Å². The van der Waals surface area contributed by atoms with Gasteiger partial charge in [0, 0.05) is 36.5 Å². The van der Waals surface area contributed by atoms with Gasteiger partial charge in [0.25, 0.3) is 11.2 Å². The number of nitro groups is 1. The Kier molecular flexibility index (Phi) is 8.41.